The Bertz CT molecular complexity index is 714. The molecule has 1 aromatic carbocycles. The third kappa shape index (κ3) is 2.79. The number of nitrogens with two attached hydrogens (primary N) is 1. The number of carbonyl (C=O) groups is 2. The van der Waals surface area contributed by atoms with Gasteiger partial charge in [0.05, 0.1) is 5.52 Å². The molecule has 1 heterocycles. The Morgan fingerprint density at radius 3 is 2.67 bits per heavy atom. The number of carboxylic acid groups (broad SMARTS) is 1. The fraction of sp³-hybridized carbons (Fsp3) is 0.267. The molecule has 0 aliphatic carbocycles. The number of nitrogens with one attached hydrogen (secondary N) is 1. The van der Waals surface area contributed by atoms with Gasteiger partial charge in [-0.05, 0) is 25.5 Å². The summed E-state index contributed by atoms with van der Waals surface area (Å²) in [6, 6.07) is 8.64. The molecule has 110 valence electrons. The Morgan fingerprint density at radius 2 is 2.05 bits per heavy atom. The molecule has 2 aromatic rings. The highest BCUT2D eigenvalue weighted by molar-refractivity contribution is 6.01. The van der Waals surface area contributed by atoms with E-state index in [2.05, 4.69) is 10.3 Å². The van der Waals surface area contributed by atoms with E-state index in [0.717, 1.165) is 5.39 Å². The van der Waals surface area contributed by atoms with Crippen LogP contribution < -0.4 is 11.1 Å². The van der Waals surface area contributed by atoms with Crippen molar-refractivity contribution in [3.05, 3.63) is 36.0 Å². The summed E-state index contributed by atoms with van der Waals surface area (Å²) in [6.07, 6.45) is 0.261. The van der Waals surface area contributed by atoms with Crippen LogP contribution in [-0.2, 0) is 4.79 Å². The van der Waals surface area contributed by atoms with E-state index in [4.69, 9.17) is 5.73 Å². The maximum absolute atomic E-state index is 12.2. The number of fused-ring (bicyclic) bond motifs is 1. The summed E-state index contributed by atoms with van der Waals surface area (Å²) >= 11 is 0. The normalized spacial score (nSPS) is 13.6. The van der Waals surface area contributed by atoms with E-state index in [-0.39, 0.29) is 12.1 Å². The second-order valence-corrected chi connectivity index (χ2v) is 5.06. The van der Waals surface area contributed by atoms with Crippen molar-refractivity contribution < 1.29 is 14.7 Å². The second-order valence-electron chi connectivity index (χ2n) is 5.06. The van der Waals surface area contributed by atoms with Crippen molar-refractivity contribution in [1.82, 2.24) is 10.3 Å². The number of aromatic nitrogens is 1. The quantitative estimate of drug-likeness (QED) is 0.795. The number of rotatable bonds is 4. The highest BCUT2D eigenvalue weighted by atomic mass is 16.4. The average molecular weight is 287 g/mol. The van der Waals surface area contributed by atoms with Crippen LogP contribution in [0.1, 0.15) is 30.8 Å². The second kappa shape index (κ2) is 5.40. The summed E-state index contributed by atoms with van der Waals surface area (Å²) in [4.78, 5) is 27.7. The van der Waals surface area contributed by atoms with Gasteiger partial charge < -0.3 is 16.2 Å². The van der Waals surface area contributed by atoms with Crippen molar-refractivity contribution in [2.75, 3.05) is 5.73 Å². The van der Waals surface area contributed by atoms with Gasteiger partial charge in [-0.15, -0.1) is 0 Å². The molecule has 1 atom stereocenters. The van der Waals surface area contributed by atoms with Crippen LogP contribution in [0.3, 0.4) is 0 Å². The lowest BCUT2D eigenvalue weighted by Crippen LogP contribution is -2.51. The van der Waals surface area contributed by atoms with Crippen LogP contribution >= 0.6 is 0 Å². The molecular formula is C15H17N3O3. The number of benzene rings is 1. The fourth-order valence-electron chi connectivity index (χ4n) is 1.93. The molecule has 0 saturated carbocycles. The van der Waals surface area contributed by atoms with Crippen LogP contribution in [0.25, 0.3) is 10.9 Å². The van der Waals surface area contributed by atoms with Crippen molar-refractivity contribution in [2.24, 2.45) is 0 Å². The number of pyridine rings is 1. The summed E-state index contributed by atoms with van der Waals surface area (Å²) in [5, 5.41) is 12.4. The summed E-state index contributed by atoms with van der Waals surface area (Å²) in [6.45, 7) is 3.15. The number of hydrogen-bond acceptors (Lipinski definition) is 4. The van der Waals surface area contributed by atoms with Gasteiger partial charge in [-0.25, -0.2) is 9.78 Å². The van der Waals surface area contributed by atoms with E-state index < -0.39 is 17.4 Å². The number of hydrogen-bond donors (Lipinski definition) is 3. The number of carbonyl (C=O) groups excluding carboxylic acids is 1. The topological polar surface area (TPSA) is 105 Å². The van der Waals surface area contributed by atoms with Crippen molar-refractivity contribution in [1.29, 1.82) is 0 Å². The minimum absolute atomic E-state index is 0.104. The molecule has 0 saturated heterocycles. The van der Waals surface area contributed by atoms with Gasteiger partial charge in [0.1, 0.15) is 11.2 Å². The van der Waals surface area contributed by atoms with Gasteiger partial charge in [0, 0.05) is 11.1 Å². The lowest BCUT2D eigenvalue weighted by molar-refractivity contribution is -0.143. The molecule has 6 nitrogen and oxygen atoms in total. The minimum atomic E-state index is -1.33. The Balaban J connectivity index is 2.38. The molecule has 0 spiro atoms. The van der Waals surface area contributed by atoms with Crippen molar-refractivity contribution in [2.45, 2.75) is 25.8 Å². The highest BCUT2D eigenvalue weighted by Crippen LogP contribution is 2.20. The first-order chi connectivity index (χ1) is 9.87. The van der Waals surface area contributed by atoms with Crippen LogP contribution in [0.5, 0.6) is 0 Å². The van der Waals surface area contributed by atoms with Gasteiger partial charge in [-0.3, -0.25) is 4.79 Å². The van der Waals surface area contributed by atoms with Crippen LogP contribution in [0.15, 0.2) is 30.3 Å². The zero-order valence-corrected chi connectivity index (χ0v) is 11.9. The van der Waals surface area contributed by atoms with E-state index in [9.17, 15) is 14.7 Å². The molecule has 1 amide bonds. The zero-order chi connectivity index (χ0) is 15.6. The van der Waals surface area contributed by atoms with Gasteiger partial charge >= 0.3 is 5.97 Å². The van der Waals surface area contributed by atoms with Gasteiger partial charge in [0.2, 0.25) is 0 Å². The molecule has 1 unspecified atom stereocenters. The Kier molecular flexibility index (Phi) is 3.80. The zero-order valence-electron chi connectivity index (χ0n) is 11.9. The first-order valence-electron chi connectivity index (χ1n) is 6.58. The van der Waals surface area contributed by atoms with Gasteiger partial charge in [-0.1, -0.05) is 25.1 Å². The molecule has 0 aliphatic rings. The first kappa shape index (κ1) is 14.8. The number of aliphatic carboxylic acids is 1. The smallest absolute Gasteiger partial charge is 0.329 e. The van der Waals surface area contributed by atoms with E-state index in [0.29, 0.717) is 11.2 Å². The lowest BCUT2D eigenvalue weighted by atomic mass is 9.99. The summed E-state index contributed by atoms with van der Waals surface area (Å²) in [5.74, 6) is -1.65. The molecule has 0 bridgehead atoms. The van der Waals surface area contributed by atoms with Gasteiger partial charge in [0.15, 0.2) is 0 Å². The highest BCUT2D eigenvalue weighted by Gasteiger charge is 2.33. The summed E-state index contributed by atoms with van der Waals surface area (Å²) in [7, 11) is 0. The third-order valence-electron chi connectivity index (χ3n) is 3.55. The van der Waals surface area contributed by atoms with Crippen LogP contribution in [0.4, 0.5) is 5.69 Å². The number of carboxylic acids is 1. The van der Waals surface area contributed by atoms with Gasteiger partial charge in [-0.2, -0.15) is 0 Å². The van der Waals surface area contributed by atoms with E-state index in [1.807, 2.05) is 12.1 Å². The first-order valence-corrected chi connectivity index (χ1v) is 6.58. The van der Waals surface area contributed by atoms with E-state index >= 15 is 0 Å². The van der Waals surface area contributed by atoms with Crippen molar-refractivity contribution >= 4 is 28.5 Å². The van der Waals surface area contributed by atoms with Crippen LogP contribution in [0, 0.1) is 0 Å². The SMILES string of the molecule is CCC(C)(NC(=O)c1cc(N)c2ccccc2n1)C(=O)O. The number of amides is 1. The third-order valence-corrected chi connectivity index (χ3v) is 3.55. The number of anilines is 1. The number of nitrogen functional groups attached to an aromatic ring is 1. The predicted molar refractivity (Wildman–Crippen MR) is 80.0 cm³/mol. The van der Waals surface area contributed by atoms with E-state index in [1.54, 1.807) is 19.1 Å². The van der Waals surface area contributed by atoms with E-state index in [1.165, 1.54) is 13.0 Å². The van der Waals surface area contributed by atoms with Crippen molar-refractivity contribution in [3.63, 3.8) is 0 Å². The monoisotopic (exact) mass is 287 g/mol. The lowest BCUT2D eigenvalue weighted by Gasteiger charge is -2.24. The molecule has 2 rings (SSSR count). The molecule has 0 fully saturated rings. The van der Waals surface area contributed by atoms with Crippen LogP contribution in [-0.4, -0.2) is 27.5 Å². The molecule has 1 aromatic heterocycles. The van der Waals surface area contributed by atoms with Crippen molar-refractivity contribution in [3.8, 4) is 0 Å². The molecule has 0 aliphatic heterocycles. The Morgan fingerprint density at radius 1 is 1.38 bits per heavy atom. The minimum Gasteiger partial charge on any atom is -0.480 e. The Hall–Kier alpha value is -2.63. The molecule has 0 radical (unpaired) electrons. The predicted octanol–water partition coefficient (Wildman–Crippen LogP) is 1.80. The molecule has 4 N–H and O–H groups in total. The largest absolute Gasteiger partial charge is 0.480 e. The summed E-state index contributed by atoms with van der Waals surface area (Å²) < 4.78 is 0. The molecule has 6 heteroatoms. The average Bonchev–Trinajstić information content (AvgIpc) is 2.46. The Labute approximate surface area is 122 Å². The fourth-order valence-corrected chi connectivity index (χ4v) is 1.93. The van der Waals surface area contributed by atoms with Gasteiger partial charge in [0.25, 0.3) is 5.91 Å². The number of para-hydroxylation sites is 1. The van der Waals surface area contributed by atoms with Crippen LogP contribution in [0.2, 0.25) is 0 Å². The maximum atomic E-state index is 12.2. The number of nitrogens with zero attached hydrogens (tertiary/aromatic N) is 1. The molecule has 21 heavy (non-hydrogen) atoms. The summed E-state index contributed by atoms with van der Waals surface area (Å²) in [5.41, 5.74) is 5.71. The molecular weight excluding hydrogens is 270 g/mol. The standard InChI is InChI=1S/C15H17N3O3/c1-3-15(2,14(20)21)18-13(19)12-8-10(16)9-6-4-5-7-11(9)17-12/h4-8H,3H2,1-2H3,(H2,16,17)(H,18,19)(H,20,21). The maximum Gasteiger partial charge on any atom is 0.329 e.